The molecule has 2 unspecified atom stereocenters. The van der Waals surface area contributed by atoms with Crippen molar-refractivity contribution in [2.24, 2.45) is 5.41 Å². The van der Waals surface area contributed by atoms with Gasteiger partial charge in [-0.15, -0.1) is 0 Å². The monoisotopic (exact) mass is 677 g/mol. The van der Waals surface area contributed by atoms with Crippen molar-refractivity contribution in [2.75, 3.05) is 0 Å². The molecule has 0 aromatic heterocycles. The van der Waals surface area contributed by atoms with Crippen LogP contribution in [-0.4, -0.2) is 0 Å². The molecule has 0 heteroatoms. The van der Waals surface area contributed by atoms with Crippen molar-refractivity contribution in [2.45, 2.75) is 131 Å². The number of benzene rings is 4. The van der Waals surface area contributed by atoms with Crippen LogP contribution in [0.4, 0.5) is 0 Å². The molecule has 1 aliphatic carbocycles. The third-order valence-corrected chi connectivity index (χ3v) is 11.4. The Morgan fingerprint density at radius 2 is 1.41 bits per heavy atom. The first kappa shape index (κ1) is 38.3. The lowest BCUT2D eigenvalue weighted by Gasteiger charge is -2.47. The maximum absolute atomic E-state index is 2.55. The summed E-state index contributed by atoms with van der Waals surface area (Å²) in [6.45, 7) is 28.4. The van der Waals surface area contributed by atoms with Crippen molar-refractivity contribution in [1.29, 1.82) is 0 Å². The van der Waals surface area contributed by atoms with Gasteiger partial charge in [0, 0.05) is 5.41 Å². The van der Waals surface area contributed by atoms with Gasteiger partial charge in [-0.2, -0.15) is 0 Å². The smallest absolute Gasteiger partial charge is 0.0230 e. The number of hydrogen-bond donors (Lipinski definition) is 0. The molecule has 0 saturated heterocycles. The molecule has 0 N–H and O–H groups in total. The Bertz CT molecular complexity index is 1920. The van der Waals surface area contributed by atoms with E-state index in [0.29, 0.717) is 5.92 Å². The van der Waals surface area contributed by atoms with Crippen LogP contribution in [0, 0.1) is 5.41 Å². The van der Waals surface area contributed by atoms with Gasteiger partial charge in [0.2, 0.25) is 0 Å². The Hall–Kier alpha value is -3.90. The van der Waals surface area contributed by atoms with Crippen molar-refractivity contribution < 1.29 is 0 Å². The molecule has 0 heterocycles. The fourth-order valence-electron chi connectivity index (χ4n) is 7.97. The van der Waals surface area contributed by atoms with E-state index in [2.05, 4.69) is 198 Å². The molecule has 5 rings (SSSR count). The lowest BCUT2D eigenvalue weighted by molar-refractivity contribution is 0.238. The summed E-state index contributed by atoms with van der Waals surface area (Å²) in [5.74, 6) is 0.493. The van der Waals surface area contributed by atoms with Crippen LogP contribution in [0.3, 0.4) is 0 Å². The Morgan fingerprint density at radius 3 is 2.04 bits per heavy atom. The minimum absolute atomic E-state index is 0.0282. The number of hydrogen-bond acceptors (Lipinski definition) is 0. The first-order chi connectivity index (χ1) is 24.0. The van der Waals surface area contributed by atoms with Crippen LogP contribution >= 0.6 is 0 Å². The Kier molecular flexibility index (Phi) is 11.3. The second kappa shape index (κ2) is 15.0. The maximum atomic E-state index is 2.55. The van der Waals surface area contributed by atoms with Crippen LogP contribution in [0.5, 0.6) is 0 Å². The quantitative estimate of drug-likeness (QED) is 0.165. The van der Waals surface area contributed by atoms with Crippen molar-refractivity contribution in [3.05, 3.63) is 137 Å². The molecular formula is C51H64. The molecule has 0 saturated carbocycles. The van der Waals surface area contributed by atoms with Crippen molar-refractivity contribution in [1.82, 2.24) is 0 Å². The number of rotatable bonds is 9. The first-order valence-corrected chi connectivity index (χ1v) is 19.6. The van der Waals surface area contributed by atoms with Crippen molar-refractivity contribution in [3.8, 4) is 33.4 Å². The van der Waals surface area contributed by atoms with Gasteiger partial charge >= 0.3 is 0 Å². The molecule has 0 aliphatic heterocycles. The Balaban J connectivity index is 2.13. The van der Waals surface area contributed by atoms with Gasteiger partial charge in [-0.25, -0.2) is 0 Å². The normalized spacial score (nSPS) is 17.3. The van der Waals surface area contributed by atoms with Crippen LogP contribution < -0.4 is 0 Å². The van der Waals surface area contributed by atoms with E-state index in [1.165, 1.54) is 61.2 Å². The van der Waals surface area contributed by atoms with Gasteiger partial charge in [0.25, 0.3) is 0 Å². The van der Waals surface area contributed by atoms with Crippen LogP contribution in [0.15, 0.2) is 109 Å². The van der Waals surface area contributed by atoms with E-state index in [-0.39, 0.29) is 21.7 Å². The number of unbranched alkanes of at least 4 members (excludes halogenated alkanes) is 1. The molecular weight excluding hydrogens is 613 g/mol. The van der Waals surface area contributed by atoms with Crippen molar-refractivity contribution >= 4 is 6.08 Å². The maximum Gasteiger partial charge on any atom is 0.0230 e. The predicted octanol–water partition coefficient (Wildman–Crippen LogP) is 15.4. The Labute approximate surface area is 311 Å². The van der Waals surface area contributed by atoms with E-state index in [4.69, 9.17) is 0 Å². The highest BCUT2D eigenvalue weighted by atomic mass is 14.5. The highest BCUT2D eigenvalue weighted by Gasteiger charge is 2.45. The van der Waals surface area contributed by atoms with Crippen LogP contribution in [-0.2, 0) is 16.2 Å². The average molecular weight is 677 g/mol. The van der Waals surface area contributed by atoms with Gasteiger partial charge in [0.15, 0.2) is 0 Å². The third kappa shape index (κ3) is 7.82. The fourth-order valence-corrected chi connectivity index (χ4v) is 7.97. The van der Waals surface area contributed by atoms with Gasteiger partial charge in [-0.1, -0.05) is 199 Å². The van der Waals surface area contributed by atoms with E-state index in [9.17, 15) is 0 Å². The predicted molar refractivity (Wildman–Crippen MR) is 227 cm³/mol. The summed E-state index contributed by atoms with van der Waals surface area (Å²) in [6.07, 6.45) is 18.6. The molecule has 0 amide bonds. The fraction of sp³-hybridized carbons (Fsp3) is 0.412. The zero-order valence-corrected chi connectivity index (χ0v) is 33.9. The van der Waals surface area contributed by atoms with Gasteiger partial charge in [0.1, 0.15) is 0 Å². The van der Waals surface area contributed by atoms with Gasteiger partial charge in [0.05, 0.1) is 0 Å². The molecule has 268 valence electrons. The molecule has 51 heavy (non-hydrogen) atoms. The summed E-state index contributed by atoms with van der Waals surface area (Å²) in [4.78, 5) is 0. The zero-order chi connectivity index (χ0) is 37.2. The second-order valence-electron chi connectivity index (χ2n) is 18.1. The lowest BCUT2D eigenvalue weighted by atomic mass is 9.56. The van der Waals surface area contributed by atoms with Gasteiger partial charge in [-0.05, 0) is 109 Å². The first-order valence-electron chi connectivity index (χ1n) is 19.6. The van der Waals surface area contributed by atoms with Crippen LogP contribution in [0.25, 0.3) is 39.5 Å². The SMILES string of the molecule is CCCC=Cc1cc(-c2cccc(C(C)CC)c2)c(C2(C(C)(C)C)C=CC=CC2)c(-c2ccccc2C(C)(C)C)c1-c1cccc(C(C)(C)C)c1. The summed E-state index contributed by atoms with van der Waals surface area (Å²) in [5.41, 5.74) is 14.5. The van der Waals surface area contributed by atoms with E-state index >= 15 is 0 Å². The molecule has 2 atom stereocenters. The van der Waals surface area contributed by atoms with E-state index in [1.54, 1.807) is 0 Å². The zero-order valence-electron chi connectivity index (χ0n) is 33.9. The summed E-state index contributed by atoms with van der Waals surface area (Å²) in [6, 6.07) is 30.7. The molecule has 0 fully saturated rings. The number of allylic oxidation sites excluding steroid dienone is 5. The highest BCUT2D eigenvalue weighted by Crippen LogP contribution is 2.57. The minimum Gasteiger partial charge on any atom is -0.0839 e. The summed E-state index contributed by atoms with van der Waals surface area (Å²) in [7, 11) is 0. The summed E-state index contributed by atoms with van der Waals surface area (Å²) in [5, 5.41) is 0. The lowest BCUT2D eigenvalue weighted by Crippen LogP contribution is -2.40. The molecule has 0 spiro atoms. The van der Waals surface area contributed by atoms with E-state index in [0.717, 1.165) is 25.7 Å². The summed E-state index contributed by atoms with van der Waals surface area (Å²) >= 11 is 0. The summed E-state index contributed by atoms with van der Waals surface area (Å²) < 4.78 is 0. The van der Waals surface area contributed by atoms with E-state index < -0.39 is 0 Å². The molecule has 4 aromatic carbocycles. The van der Waals surface area contributed by atoms with Crippen LogP contribution in [0.2, 0.25) is 0 Å². The third-order valence-electron chi connectivity index (χ3n) is 11.4. The standard InChI is InChI=1S/C51H64/c1-13-15-17-24-40-35-43(38-26-22-25-37(33-38)36(3)14-2)47(51(50(10,11)12)31-20-16-21-32-51)46(42-29-18-19-30-44(42)49(7,8)9)45(40)39-27-23-28-41(34-39)48(4,5)6/h16-31,33-36H,13-15,32H2,1-12H3. The van der Waals surface area contributed by atoms with Crippen molar-refractivity contribution in [3.63, 3.8) is 0 Å². The minimum atomic E-state index is -0.258. The highest BCUT2D eigenvalue weighted by molar-refractivity contribution is 5.98. The van der Waals surface area contributed by atoms with E-state index in [1.807, 2.05) is 0 Å². The topological polar surface area (TPSA) is 0 Å². The second-order valence-corrected chi connectivity index (χ2v) is 18.1. The molecule has 0 nitrogen and oxygen atoms in total. The van der Waals surface area contributed by atoms with Gasteiger partial charge < -0.3 is 0 Å². The largest absolute Gasteiger partial charge is 0.0839 e. The average Bonchev–Trinajstić information content (AvgIpc) is 3.10. The Morgan fingerprint density at radius 1 is 0.706 bits per heavy atom. The molecule has 0 bridgehead atoms. The van der Waals surface area contributed by atoms with Gasteiger partial charge in [-0.3, -0.25) is 0 Å². The molecule has 0 radical (unpaired) electrons. The molecule has 1 aliphatic rings. The van der Waals surface area contributed by atoms with Crippen LogP contribution in [0.1, 0.15) is 143 Å². The molecule has 4 aromatic rings.